The van der Waals surface area contributed by atoms with Crippen molar-refractivity contribution in [3.63, 3.8) is 0 Å². The van der Waals surface area contributed by atoms with Crippen molar-refractivity contribution in [1.29, 1.82) is 0 Å². The molecule has 3 aromatic rings. The van der Waals surface area contributed by atoms with Crippen LogP contribution in [0.15, 0.2) is 71.7 Å². The molecular weight excluding hydrogens is 380 g/mol. The van der Waals surface area contributed by atoms with Crippen LogP contribution in [0.3, 0.4) is 0 Å². The molecule has 154 valence electrons. The minimum atomic E-state index is -1.02. The van der Waals surface area contributed by atoms with Crippen molar-refractivity contribution < 1.29 is 14.7 Å². The van der Waals surface area contributed by atoms with Crippen molar-refractivity contribution in [3.05, 3.63) is 93.9 Å². The Morgan fingerprint density at radius 2 is 1.73 bits per heavy atom. The van der Waals surface area contributed by atoms with Crippen molar-refractivity contribution in [2.75, 3.05) is 0 Å². The minimum absolute atomic E-state index is 0.173. The van der Waals surface area contributed by atoms with E-state index in [1.807, 2.05) is 49.4 Å². The number of aryl methyl sites for hydroxylation is 2. The molecule has 0 fully saturated rings. The molecule has 0 saturated carbocycles. The molecule has 0 aliphatic heterocycles. The summed E-state index contributed by atoms with van der Waals surface area (Å²) in [5.74, 6) is -1.44. The lowest BCUT2D eigenvalue weighted by atomic mass is 9.95. The molecule has 0 radical (unpaired) electrons. The van der Waals surface area contributed by atoms with Crippen molar-refractivity contribution in [2.45, 2.75) is 32.9 Å². The van der Waals surface area contributed by atoms with Gasteiger partial charge in [-0.15, -0.1) is 0 Å². The summed E-state index contributed by atoms with van der Waals surface area (Å²) in [6, 6.07) is 18.1. The van der Waals surface area contributed by atoms with Crippen LogP contribution >= 0.6 is 0 Å². The van der Waals surface area contributed by atoms with Gasteiger partial charge in [-0.25, -0.2) is 0 Å². The third-order valence-corrected chi connectivity index (χ3v) is 4.98. The maximum atomic E-state index is 12.6. The first-order valence-corrected chi connectivity index (χ1v) is 9.68. The number of nitrogens with one attached hydrogen (secondary N) is 1. The molecule has 1 amide bonds. The summed E-state index contributed by atoms with van der Waals surface area (Å²) in [5, 5.41) is 12.1. The van der Waals surface area contributed by atoms with Crippen molar-refractivity contribution >= 4 is 11.9 Å². The SMILES string of the molecule is Cc1ccccc1-c1cccc([C@H](CC(=O)O)NC(=O)Cn2cccc(C)c2=O)c1. The molecule has 2 N–H and O–H groups in total. The van der Waals surface area contributed by atoms with E-state index in [0.717, 1.165) is 16.7 Å². The summed E-state index contributed by atoms with van der Waals surface area (Å²) in [5.41, 5.74) is 4.09. The number of rotatable bonds is 7. The fraction of sp³-hybridized carbons (Fsp3) is 0.208. The normalized spacial score (nSPS) is 11.7. The second-order valence-corrected chi connectivity index (χ2v) is 7.28. The minimum Gasteiger partial charge on any atom is -0.481 e. The Balaban J connectivity index is 1.86. The molecule has 0 spiro atoms. The average Bonchev–Trinajstić information content (AvgIpc) is 2.71. The molecule has 0 saturated heterocycles. The van der Waals surface area contributed by atoms with Gasteiger partial charge in [-0.05, 0) is 48.2 Å². The molecule has 3 rings (SSSR count). The van der Waals surface area contributed by atoms with Crippen LogP contribution in [0.5, 0.6) is 0 Å². The van der Waals surface area contributed by atoms with Gasteiger partial charge in [0.2, 0.25) is 5.91 Å². The van der Waals surface area contributed by atoms with E-state index >= 15 is 0 Å². The van der Waals surface area contributed by atoms with E-state index < -0.39 is 17.9 Å². The molecule has 2 aromatic carbocycles. The van der Waals surface area contributed by atoms with Gasteiger partial charge in [0.25, 0.3) is 5.56 Å². The van der Waals surface area contributed by atoms with Gasteiger partial charge in [0.05, 0.1) is 12.5 Å². The Labute approximate surface area is 174 Å². The third-order valence-electron chi connectivity index (χ3n) is 4.98. The maximum Gasteiger partial charge on any atom is 0.305 e. The number of carboxylic acids is 1. The second-order valence-electron chi connectivity index (χ2n) is 7.28. The summed E-state index contributed by atoms with van der Waals surface area (Å²) in [6.07, 6.45) is 1.28. The first-order chi connectivity index (χ1) is 14.3. The van der Waals surface area contributed by atoms with Crippen molar-refractivity contribution in [1.82, 2.24) is 9.88 Å². The summed E-state index contributed by atoms with van der Waals surface area (Å²) >= 11 is 0. The lowest BCUT2D eigenvalue weighted by molar-refractivity contribution is -0.137. The Morgan fingerprint density at radius 1 is 1.00 bits per heavy atom. The van der Waals surface area contributed by atoms with E-state index in [0.29, 0.717) is 11.1 Å². The number of aromatic nitrogens is 1. The van der Waals surface area contributed by atoms with E-state index in [2.05, 4.69) is 5.32 Å². The van der Waals surface area contributed by atoms with Gasteiger partial charge >= 0.3 is 5.97 Å². The molecule has 30 heavy (non-hydrogen) atoms. The Hall–Kier alpha value is -3.67. The third kappa shape index (κ3) is 5.03. The molecule has 0 aliphatic carbocycles. The standard InChI is InChI=1S/C24H24N2O4/c1-16-7-3-4-11-20(16)18-9-5-10-19(13-18)21(14-23(28)29)25-22(27)15-26-12-6-8-17(2)24(26)30/h3-13,21H,14-15H2,1-2H3,(H,25,27)(H,28,29)/t21-/m0/s1. The zero-order valence-corrected chi connectivity index (χ0v) is 17.0. The predicted octanol–water partition coefficient (Wildman–Crippen LogP) is 3.46. The molecule has 0 bridgehead atoms. The fourth-order valence-electron chi connectivity index (χ4n) is 3.42. The van der Waals surface area contributed by atoms with E-state index in [-0.39, 0.29) is 18.5 Å². The summed E-state index contributed by atoms with van der Waals surface area (Å²) in [6.45, 7) is 3.52. The largest absolute Gasteiger partial charge is 0.481 e. The van der Waals surface area contributed by atoms with Gasteiger partial charge in [-0.3, -0.25) is 14.4 Å². The first-order valence-electron chi connectivity index (χ1n) is 9.68. The number of pyridine rings is 1. The van der Waals surface area contributed by atoms with Crippen LogP contribution in [0.4, 0.5) is 0 Å². The van der Waals surface area contributed by atoms with E-state index in [1.54, 1.807) is 31.3 Å². The summed E-state index contributed by atoms with van der Waals surface area (Å²) in [7, 11) is 0. The quantitative estimate of drug-likeness (QED) is 0.631. The second kappa shape index (κ2) is 9.22. The molecule has 0 aliphatic rings. The zero-order chi connectivity index (χ0) is 21.7. The van der Waals surface area contributed by atoms with E-state index in [4.69, 9.17) is 0 Å². The lowest BCUT2D eigenvalue weighted by Gasteiger charge is -2.19. The van der Waals surface area contributed by atoms with Crippen molar-refractivity contribution in [3.8, 4) is 11.1 Å². The average molecular weight is 404 g/mol. The van der Waals surface area contributed by atoms with Gasteiger partial charge < -0.3 is 15.0 Å². The van der Waals surface area contributed by atoms with Crippen LogP contribution < -0.4 is 10.9 Å². The van der Waals surface area contributed by atoms with Crippen molar-refractivity contribution in [2.24, 2.45) is 0 Å². The van der Waals surface area contributed by atoms with Gasteiger partial charge in [-0.1, -0.05) is 48.5 Å². The molecular formula is C24H24N2O4. The molecule has 1 atom stereocenters. The van der Waals surface area contributed by atoms with Crippen LogP contribution in [0.1, 0.15) is 29.2 Å². The fourth-order valence-corrected chi connectivity index (χ4v) is 3.42. The molecule has 6 nitrogen and oxygen atoms in total. The Bertz CT molecular complexity index is 1130. The number of aliphatic carboxylic acids is 1. The van der Waals surface area contributed by atoms with Gasteiger partial charge in [0.1, 0.15) is 6.54 Å². The van der Waals surface area contributed by atoms with E-state index in [9.17, 15) is 19.5 Å². The molecule has 0 unspecified atom stereocenters. The number of hydrogen-bond acceptors (Lipinski definition) is 3. The number of carbonyl (C=O) groups excluding carboxylic acids is 1. The Morgan fingerprint density at radius 3 is 2.47 bits per heavy atom. The highest BCUT2D eigenvalue weighted by Gasteiger charge is 2.19. The van der Waals surface area contributed by atoms with Crippen LogP contribution in [-0.2, 0) is 16.1 Å². The number of benzene rings is 2. The highest BCUT2D eigenvalue weighted by molar-refractivity contribution is 5.78. The van der Waals surface area contributed by atoms with Gasteiger partial charge in [0, 0.05) is 11.8 Å². The zero-order valence-electron chi connectivity index (χ0n) is 17.0. The number of amides is 1. The number of carbonyl (C=O) groups is 2. The van der Waals surface area contributed by atoms with Crippen LogP contribution in [0.25, 0.3) is 11.1 Å². The van der Waals surface area contributed by atoms with Crippen LogP contribution in [0.2, 0.25) is 0 Å². The highest BCUT2D eigenvalue weighted by atomic mass is 16.4. The van der Waals surface area contributed by atoms with Gasteiger partial charge in [-0.2, -0.15) is 0 Å². The maximum absolute atomic E-state index is 12.6. The molecule has 6 heteroatoms. The number of carboxylic acid groups (broad SMARTS) is 1. The predicted molar refractivity (Wildman–Crippen MR) is 115 cm³/mol. The van der Waals surface area contributed by atoms with E-state index in [1.165, 1.54) is 4.57 Å². The topological polar surface area (TPSA) is 88.4 Å². The monoisotopic (exact) mass is 404 g/mol. The summed E-state index contributed by atoms with van der Waals surface area (Å²) in [4.78, 5) is 36.2. The number of hydrogen-bond donors (Lipinski definition) is 2. The smallest absolute Gasteiger partial charge is 0.305 e. The first kappa shape index (κ1) is 21.0. The van der Waals surface area contributed by atoms with Crippen LogP contribution in [-0.4, -0.2) is 21.6 Å². The van der Waals surface area contributed by atoms with Crippen LogP contribution in [0, 0.1) is 13.8 Å². The summed E-state index contributed by atoms with van der Waals surface area (Å²) < 4.78 is 1.31. The molecule has 1 heterocycles. The van der Waals surface area contributed by atoms with Gasteiger partial charge in [0.15, 0.2) is 0 Å². The number of nitrogens with zero attached hydrogens (tertiary/aromatic N) is 1. The lowest BCUT2D eigenvalue weighted by Crippen LogP contribution is -2.35. The highest BCUT2D eigenvalue weighted by Crippen LogP contribution is 2.27. The molecule has 1 aromatic heterocycles. The Kier molecular flexibility index (Phi) is 6.47.